The Kier molecular flexibility index (Phi) is 4.03. The molecule has 4 rings (SSSR count). The highest BCUT2D eigenvalue weighted by Crippen LogP contribution is 2.72. The lowest BCUT2D eigenvalue weighted by molar-refractivity contribution is -0.262. The topological polar surface area (TPSA) is 115 Å². The summed E-state index contributed by atoms with van der Waals surface area (Å²) in [4.78, 5) is 23.4. The second kappa shape index (κ2) is 5.76. The van der Waals surface area contributed by atoms with Gasteiger partial charge in [-0.3, -0.25) is 9.59 Å². The van der Waals surface area contributed by atoms with Crippen LogP contribution in [0, 0.1) is 10.8 Å². The van der Waals surface area contributed by atoms with Crippen LogP contribution in [0.3, 0.4) is 0 Å². The summed E-state index contributed by atoms with van der Waals surface area (Å²) in [7, 11) is 0. The summed E-state index contributed by atoms with van der Waals surface area (Å²) in [6.45, 7) is 6.49. The van der Waals surface area contributed by atoms with Gasteiger partial charge >= 0.3 is 11.9 Å². The van der Waals surface area contributed by atoms with Gasteiger partial charge < -0.3 is 29.2 Å². The van der Waals surface area contributed by atoms with Crippen LogP contribution in [0.1, 0.15) is 34.1 Å². The summed E-state index contributed by atoms with van der Waals surface area (Å²) in [5.74, 6) is -1.03. The van der Waals surface area contributed by atoms with E-state index in [2.05, 4.69) is 0 Å². The number of esters is 2. The summed E-state index contributed by atoms with van der Waals surface area (Å²) in [6.07, 6.45) is -2.04. The SMILES string of the molecule is CC(=O)OC[C@]12C(O)CC(C)=C[C@H]1O[C@@H]1[C@H](O)[C@@H](OC(C)=O)[C@@]2(C)C12CO2. The van der Waals surface area contributed by atoms with Crippen LogP contribution >= 0.6 is 0 Å². The third kappa shape index (κ3) is 2.18. The number of carbonyl (C=O) groups excluding carboxylic acids is 2. The predicted molar refractivity (Wildman–Crippen MR) is 90.5 cm³/mol. The Morgan fingerprint density at radius 3 is 2.52 bits per heavy atom. The van der Waals surface area contributed by atoms with Crippen molar-refractivity contribution < 1.29 is 38.7 Å². The van der Waals surface area contributed by atoms with E-state index in [1.54, 1.807) is 0 Å². The molecule has 2 N–H and O–H groups in total. The van der Waals surface area contributed by atoms with E-state index in [-0.39, 0.29) is 6.61 Å². The Hall–Kier alpha value is -1.48. The van der Waals surface area contributed by atoms with Gasteiger partial charge in [0.05, 0.1) is 29.6 Å². The molecular weight excluding hydrogens is 356 g/mol. The summed E-state index contributed by atoms with van der Waals surface area (Å²) in [5.41, 5.74) is -2.09. The molecular formula is C19H26O8. The molecule has 2 bridgehead atoms. The lowest BCUT2D eigenvalue weighted by atomic mass is 9.50. The van der Waals surface area contributed by atoms with Gasteiger partial charge in [-0.05, 0) is 13.3 Å². The summed E-state index contributed by atoms with van der Waals surface area (Å²) in [5, 5.41) is 22.2. The van der Waals surface area contributed by atoms with Crippen LogP contribution in [0.4, 0.5) is 0 Å². The van der Waals surface area contributed by atoms with Crippen LogP contribution in [-0.4, -0.2) is 71.5 Å². The van der Waals surface area contributed by atoms with E-state index >= 15 is 0 Å². The molecule has 1 spiro atoms. The predicted octanol–water partition coefficient (Wildman–Crippen LogP) is 0.0957. The quantitative estimate of drug-likeness (QED) is 0.401. The van der Waals surface area contributed by atoms with Crippen molar-refractivity contribution in [3.63, 3.8) is 0 Å². The Morgan fingerprint density at radius 1 is 1.30 bits per heavy atom. The zero-order valence-electron chi connectivity index (χ0n) is 15.9. The van der Waals surface area contributed by atoms with E-state index in [4.69, 9.17) is 18.9 Å². The molecule has 0 aromatic carbocycles. The Labute approximate surface area is 157 Å². The number of epoxide rings is 1. The first-order chi connectivity index (χ1) is 12.6. The molecule has 150 valence electrons. The average Bonchev–Trinajstić information content (AvgIpc) is 3.34. The van der Waals surface area contributed by atoms with Crippen LogP contribution in [0.25, 0.3) is 0 Å². The highest BCUT2D eigenvalue weighted by atomic mass is 16.7. The van der Waals surface area contributed by atoms with E-state index in [9.17, 15) is 19.8 Å². The fraction of sp³-hybridized carbons (Fsp3) is 0.789. The average molecular weight is 382 g/mol. The number of hydrogen-bond acceptors (Lipinski definition) is 8. The van der Waals surface area contributed by atoms with Gasteiger partial charge in [0.15, 0.2) is 0 Å². The molecule has 2 saturated heterocycles. The van der Waals surface area contributed by atoms with Gasteiger partial charge in [0.1, 0.15) is 30.5 Å². The molecule has 2 aliphatic heterocycles. The van der Waals surface area contributed by atoms with Crippen molar-refractivity contribution in [2.24, 2.45) is 10.8 Å². The van der Waals surface area contributed by atoms with Gasteiger partial charge in [-0.2, -0.15) is 0 Å². The van der Waals surface area contributed by atoms with Crippen LogP contribution in [0.15, 0.2) is 11.6 Å². The number of aliphatic hydroxyl groups is 2. The molecule has 8 nitrogen and oxygen atoms in total. The molecule has 1 saturated carbocycles. The number of hydrogen-bond donors (Lipinski definition) is 2. The minimum absolute atomic E-state index is 0.128. The van der Waals surface area contributed by atoms with Crippen molar-refractivity contribution in [2.75, 3.05) is 13.2 Å². The smallest absolute Gasteiger partial charge is 0.303 e. The number of ether oxygens (including phenoxy) is 4. The van der Waals surface area contributed by atoms with Crippen molar-refractivity contribution in [3.8, 4) is 0 Å². The normalized spacial score (nSPS) is 50.0. The zero-order valence-corrected chi connectivity index (χ0v) is 15.9. The fourth-order valence-electron chi connectivity index (χ4n) is 5.73. The Morgan fingerprint density at radius 2 is 1.96 bits per heavy atom. The van der Waals surface area contributed by atoms with Crippen molar-refractivity contribution in [3.05, 3.63) is 11.6 Å². The van der Waals surface area contributed by atoms with E-state index in [0.717, 1.165) is 5.57 Å². The number of aliphatic hydroxyl groups excluding tert-OH is 2. The third-order valence-corrected chi connectivity index (χ3v) is 7.10. The van der Waals surface area contributed by atoms with Crippen molar-refractivity contribution in [1.82, 2.24) is 0 Å². The maximum atomic E-state index is 11.8. The molecule has 0 aromatic heterocycles. The highest BCUT2D eigenvalue weighted by molar-refractivity contribution is 5.67. The molecule has 3 fully saturated rings. The van der Waals surface area contributed by atoms with E-state index in [1.807, 2.05) is 19.9 Å². The minimum atomic E-state index is -1.12. The second-order valence-corrected chi connectivity index (χ2v) is 8.43. The number of rotatable bonds is 3. The number of fused-ring (bicyclic) bond motifs is 2. The lowest BCUT2D eigenvalue weighted by Crippen LogP contribution is -2.71. The number of carbonyl (C=O) groups is 2. The minimum Gasteiger partial charge on any atom is -0.465 e. The monoisotopic (exact) mass is 382 g/mol. The third-order valence-electron chi connectivity index (χ3n) is 7.10. The first-order valence-corrected chi connectivity index (χ1v) is 9.23. The molecule has 27 heavy (non-hydrogen) atoms. The van der Waals surface area contributed by atoms with Crippen molar-refractivity contribution >= 4 is 11.9 Å². The molecule has 8 heteroatoms. The largest absolute Gasteiger partial charge is 0.465 e. The summed E-state index contributed by atoms with van der Waals surface area (Å²) in [6, 6.07) is 0. The van der Waals surface area contributed by atoms with Crippen LogP contribution < -0.4 is 0 Å². The Balaban J connectivity index is 1.90. The van der Waals surface area contributed by atoms with E-state index in [1.165, 1.54) is 13.8 Å². The molecule has 0 amide bonds. The fourth-order valence-corrected chi connectivity index (χ4v) is 5.73. The first-order valence-electron chi connectivity index (χ1n) is 9.23. The van der Waals surface area contributed by atoms with E-state index < -0.39 is 58.9 Å². The van der Waals surface area contributed by atoms with Gasteiger partial charge in [-0.25, -0.2) is 0 Å². The molecule has 4 aliphatic rings. The molecule has 2 unspecified atom stereocenters. The summed E-state index contributed by atoms with van der Waals surface area (Å²) >= 11 is 0. The maximum Gasteiger partial charge on any atom is 0.303 e. The standard InChI is InChI=1S/C19H26O8/c1-9-5-12(22)18(7-24-10(2)20)13(6-9)27-16-14(23)15(26-11(3)21)17(18,4)19(16)8-25-19/h6,12-16,22-23H,5,7-8H2,1-4H3/t12?,13-,14-,15-,16-,17-,18+,19?/m1/s1. The van der Waals surface area contributed by atoms with E-state index in [0.29, 0.717) is 13.0 Å². The van der Waals surface area contributed by atoms with Gasteiger partial charge in [-0.15, -0.1) is 0 Å². The molecule has 8 atom stereocenters. The summed E-state index contributed by atoms with van der Waals surface area (Å²) < 4.78 is 23.0. The van der Waals surface area contributed by atoms with Crippen LogP contribution in [0.5, 0.6) is 0 Å². The maximum absolute atomic E-state index is 11.8. The lowest BCUT2D eigenvalue weighted by Gasteiger charge is -2.59. The molecule has 0 aromatic rings. The van der Waals surface area contributed by atoms with Crippen molar-refractivity contribution in [2.45, 2.75) is 70.2 Å². The van der Waals surface area contributed by atoms with Gasteiger partial charge in [-0.1, -0.05) is 18.6 Å². The Bertz CT molecular complexity index is 712. The zero-order chi connectivity index (χ0) is 19.8. The van der Waals surface area contributed by atoms with Crippen molar-refractivity contribution in [1.29, 1.82) is 0 Å². The van der Waals surface area contributed by atoms with Crippen LogP contribution in [-0.2, 0) is 28.5 Å². The van der Waals surface area contributed by atoms with Gasteiger partial charge in [0, 0.05) is 13.8 Å². The first kappa shape index (κ1) is 18.9. The van der Waals surface area contributed by atoms with Gasteiger partial charge in [0.2, 0.25) is 0 Å². The van der Waals surface area contributed by atoms with Crippen LogP contribution in [0.2, 0.25) is 0 Å². The second-order valence-electron chi connectivity index (χ2n) is 8.43. The highest BCUT2D eigenvalue weighted by Gasteiger charge is 2.87. The molecule has 0 radical (unpaired) electrons. The van der Waals surface area contributed by atoms with Gasteiger partial charge in [0.25, 0.3) is 0 Å². The molecule has 2 aliphatic carbocycles. The molecule has 2 heterocycles.